The summed E-state index contributed by atoms with van der Waals surface area (Å²) < 4.78 is 18.9. The number of likely N-dealkylation sites (tertiary alicyclic amines) is 1. The third kappa shape index (κ3) is 3.13. The van der Waals surface area contributed by atoms with Gasteiger partial charge in [-0.3, -0.25) is 4.90 Å². The first-order chi connectivity index (χ1) is 10.1. The van der Waals surface area contributed by atoms with Crippen molar-refractivity contribution in [3.63, 3.8) is 0 Å². The lowest BCUT2D eigenvalue weighted by Gasteiger charge is -2.31. The summed E-state index contributed by atoms with van der Waals surface area (Å²) in [6.45, 7) is 5.70. The molecular formula is C16H20FN3O. The first-order valence-electron chi connectivity index (χ1n) is 7.46. The summed E-state index contributed by atoms with van der Waals surface area (Å²) in [6.07, 6.45) is 3.72. The lowest BCUT2D eigenvalue weighted by molar-refractivity contribution is 0.135. The van der Waals surface area contributed by atoms with Crippen molar-refractivity contribution >= 4 is 0 Å². The first-order valence-corrected chi connectivity index (χ1v) is 7.46. The average Bonchev–Trinajstić information content (AvgIpc) is 2.93. The van der Waals surface area contributed by atoms with E-state index < -0.39 is 0 Å². The van der Waals surface area contributed by atoms with E-state index in [0.717, 1.165) is 6.54 Å². The number of hydrogen-bond donors (Lipinski definition) is 0. The van der Waals surface area contributed by atoms with E-state index in [1.54, 1.807) is 13.0 Å². The average molecular weight is 289 g/mol. The van der Waals surface area contributed by atoms with Crippen LogP contribution in [0.2, 0.25) is 0 Å². The van der Waals surface area contributed by atoms with Crippen LogP contribution < -0.4 is 0 Å². The van der Waals surface area contributed by atoms with Crippen molar-refractivity contribution < 1.29 is 8.91 Å². The Hall–Kier alpha value is -1.75. The lowest BCUT2D eigenvalue weighted by atomic mass is 10.0. The minimum absolute atomic E-state index is 0.247. The molecule has 4 nitrogen and oxygen atoms in total. The number of aryl methyl sites for hydroxylation is 1. The van der Waals surface area contributed by atoms with Gasteiger partial charge in [-0.2, -0.15) is 4.98 Å². The zero-order valence-corrected chi connectivity index (χ0v) is 12.5. The van der Waals surface area contributed by atoms with Gasteiger partial charge in [0.2, 0.25) is 11.7 Å². The van der Waals surface area contributed by atoms with Gasteiger partial charge in [0.1, 0.15) is 5.82 Å². The Bertz CT molecular complexity index is 626. The lowest BCUT2D eigenvalue weighted by Crippen LogP contribution is -2.36. The van der Waals surface area contributed by atoms with Gasteiger partial charge in [0.15, 0.2) is 0 Å². The monoisotopic (exact) mass is 289 g/mol. The van der Waals surface area contributed by atoms with Crippen LogP contribution in [0, 0.1) is 12.7 Å². The molecule has 0 amide bonds. The standard InChI is InChI=1S/C16H20FN3O/c1-11-6-7-13(9-14(11)17)16-18-15(21-19-16)10-20-8-4-3-5-12(20)2/h6-7,9,12H,3-5,8,10H2,1-2H3. The highest BCUT2D eigenvalue weighted by molar-refractivity contribution is 5.54. The van der Waals surface area contributed by atoms with Gasteiger partial charge in [-0.05, 0) is 44.9 Å². The van der Waals surface area contributed by atoms with Gasteiger partial charge in [0, 0.05) is 11.6 Å². The Morgan fingerprint density at radius 1 is 1.38 bits per heavy atom. The third-order valence-electron chi connectivity index (χ3n) is 4.18. The molecule has 112 valence electrons. The van der Waals surface area contributed by atoms with Gasteiger partial charge in [0.25, 0.3) is 0 Å². The van der Waals surface area contributed by atoms with E-state index in [1.165, 1.54) is 25.3 Å². The van der Waals surface area contributed by atoms with Crippen molar-refractivity contribution in [3.05, 3.63) is 35.5 Å². The molecule has 21 heavy (non-hydrogen) atoms. The van der Waals surface area contributed by atoms with Crippen molar-refractivity contribution in [1.29, 1.82) is 0 Å². The minimum atomic E-state index is -0.247. The van der Waals surface area contributed by atoms with Gasteiger partial charge >= 0.3 is 0 Å². The normalized spacial score (nSPS) is 19.9. The van der Waals surface area contributed by atoms with E-state index in [0.29, 0.717) is 35.4 Å². The van der Waals surface area contributed by atoms with Crippen molar-refractivity contribution in [2.75, 3.05) is 6.54 Å². The highest BCUT2D eigenvalue weighted by Crippen LogP contribution is 2.21. The zero-order chi connectivity index (χ0) is 14.8. The first kappa shape index (κ1) is 14.2. The summed E-state index contributed by atoms with van der Waals surface area (Å²) in [5.74, 6) is 0.803. The van der Waals surface area contributed by atoms with Crippen LogP contribution in [0.4, 0.5) is 4.39 Å². The van der Waals surface area contributed by atoms with Gasteiger partial charge in [-0.15, -0.1) is 0 Å². The summed E-state index contributed by atoms with van der Waals surface area (Å²) in [5.41, 5.74) is 1.27. The fraction of sp³-hybridized carbons (Fsp3) is 0.500. The molecule has 3 rings (SSSR count). The molecule has 1 aliphatic heterocycles. The zero-order valence-electron chi connectivity index (χ0n) is 12.5. The van der Waals surface area contributed by atoms with Crippen molar-refractivity contribution in [2.24, 2.45) is 0 Å². The molecular weight excluding hydrogens is 269 g/mol. The molecule has 0 spiro atoms. The molecule has 0 saturated carbocycles. The van der Waals surface area contributed by atoms with E-state index in [9.17, 15) is 4.39 Å². The number of piperidine rings is 1. The highest BCUT2D eigenvalue weighted by Gasteiger charge is 2.21. The van der Waals surface area contributed by atoms with E-state index in [4.69, 9.17) is 4.52 Å². The second-order valence-corrected chi connectivity index (χ2v) is 5.79. The molecule has 2 aromatic rings. The smallest absolute Gasteiger partial charge is 0.241 e. The molecule has 0 N–H and O–H groups in total. The van der Waals surface area contributed by atoms with Gasteiger partial charge in [-0.1, -0.05) is 23.7 Å². The maximum atomic E-state index is 13.6. The molecule has 1 unspecified atom stereocenters. The fourth-order valence-electron chi connectivity index (χ4n) is 2.73. The summed E-state index contributed by atoms with van der Waals surface area (Å²) >= 11 is 0. The maximum absolute atomic E-state index is 13.6. The molecule has 1 aromatic carbocycles. The van der Waals surface area contributed by atoms with Gasteiger partial charge < -0.3 is 4.52 Å². The molecule has 5 heteroatoms. The summed E-state index contributed by atoms with van der Waals surface area (Å²) in [5, 5.41) is 3.97. The number of nitrogens with zero attached hydrogens (tertiary/aromatic N) is 3. The predicted octanol–water partition coefficient (Wildman–Crippen LogP) is 3.56. The van der Waals surface area contributed by atoms with E-state index in [1.807, 2.05) is 6.07 Å². The molecule has 0 bridgehead atoms. The molecule has 1 atom stereocenters. The van der Waals surface area contributed by atoms with E-state index in [2.05, 4.69) is 22.0 Å². The Kier molecular flexibility index (Phi) is 4.01. The largest absolute Gasteiger partial charge is 0.338 e. The van der Waals surface area contributed by atoms with Crippen LogP contribution in [0.1, 0.15) is 37.6 Å². The highest BCUT2D eigenvalue weighted by atomic mass is 19.1. The molecule has 1 aromatic heterocycles. The predicted molar refractivity (Wildman–Crippen MR) is 78.2 cm³/mol. The number of halogens is 1. The molecule has 1 aliphatic rings. The Morgan fingerprint density at radius 2 is 2.24 bits per heavy atom. The SMILES string of the molecule is Cc1ccc(-c2noc(CN3CCCCC3C)n2)cc1F. The van der Waals surface area contributed by atoms with Crippen LogP contribution in [0.25, 0.3) is 11.4 Å². The molecule has 2 heterocycles. The number of aromatic nitrogens is 2. The quantitative estimate of drug-likeness (QED) is 0.866. The summed E-state index contributed by atoms with van der Waals surface area (Å²) in [7, 11) is 0. The Morgan fingerprint density at radius 3 is 3.00 bits per heavy atom. The van der Waals surface area contributed by atoms with Gasteiger partial charge in [-0.25, -0.2) is 4.39 Å². The second kappa shape index (κ2) is 5.93. The topological polar surface area (TPSA) is 42.2 Å². The van der Waals surface area contributed by atoms with E-state index in [-0.39, 0.29) is 5.82 Å². The fourth-order valence-corrected chi connectivity index (χ4v) is 2.73. The van der Waals surface area contributed by atoms with Crippen molar-refractivity contribution in [1.82, 2.24) is 15.0 Å². The summed E-state index contributed by atoms with van der Waals surface area (Å²) in [4.78, 5) is 6.75. The molecule has 1 fully saturated rings. The number of hydrogen-bond acceptors (Lipinski definition) is 4. The maximum Gasteiger partial charge on any atom is 0.241 e. The van der Waals surface area contributed by atoms with Crippen LogP contribution in [0.3, 0.4) is 0 Å². The molecule has 0 radical (unpaired) electrons. The van der Waals surface area contributed by atoms with Crippen LogP contribution in [0.5, 0.6) is 0 Å². The van der Waals surface area contributed by atoms with Gasteiger partial charge in [0.05, 0.1) is 6.54 Å². The van der Waals surface area contributed by atoms with Crippen LogP contribution >= 0.6 is 0 Å². The van der Waals surface area contributed by atoms with Crippen molar-refractivity contribution in [2.45, 2.75) is 45.7 Å². The van der Waals surface area contributed by atoms with E-state index >= 15 is 0 Å². The Labute approximate surface area is 124 Å². The van der Waals surface area contributed by atoms with Crippen LogP contribution in [0.15, 0.2) is 22.7 Å². The number of rotatable bonds is 3. The van der Waals surface area contributed by atoms with Crippen LogP contribution in [-0.4, -0.2) is 27.6 Å². The third-order valence-corrected chi connectivity index (χ3v) is 4.18. The Balaban J connectivity index is 1.75. The molecule has 0 aliphatic carbocycles. The number of benzene rings is 1. The second-order valence-electron chi connectivity index (χ2n) is 5.79. The summed E-state index contributed by atoms with van der Waals surface area (Å²) in [6, 6.07) is 5.54. The van der Waals surface area contributed by atoms with Crippen molar-refractivity contribution in [3.8, 4) is 11.4 Å². The van der Waals surface area contributed by atoms with Crippen LogP contribution in [-0.2, 0) is 6.54 Å². The molecule has 1 saturated heterocycles. The minimum Gasteiger partial charge on any atom is -0.338 e.